The van der Waals surface area contributed by atoms with Gasteiger partial charge >= 0.3 is 0 Å². The van der Waals surface area contributed by atoms with E-state index in [1.54, 1.807) is 0 Å². The van der Waals surface area contributed by atoms with Crippen LogP contribution < -0.4 is 5.32 Å². The first-order valence-electron chi connectivity index (χ1n) is 3.30. The van der Waals surface area contributed by atoms with E-state index in [-0.39, 0.29) is 12.1 Å². The van der Waals surface area contributed by atoms with Crippen molar-refractivity contribution in [3.05, 3.63) is 0 Å². The van der Waals surface area contributed by atoms with Crippen LogP contribution in [0.4, 0.5) is 0 Å². The Hall–Kier alpha value is -0.0800. The van der Waals surface area contributed by atoms with Crippen molar-refractivity contribution in [3.8, 4) is 0 Å². The minimum atomic E-state index is -0.182. The molecule has 0 rings (SSSR count). The lowest BCUT2D eigenvalue weighted by atomic mass is 9.88. The van der Waals surface area contributed by atoms with Gasteiger partial charge in [-0.2, -0.15) is 0 Å². The maximum absolute atomic E-state index is 10.1. The molecule has 0 spiro atoms. The van der Waals surface area contributed by atoms with E-state index >= 15 is 0 Å². The molecule has 0 aromatic carbocycles. The van der Waals surface area contributed by atoms with Crippen LogP contribution in [-0.4, -0.2) is 12.8 Å². The minimum absolute atomic E-state index is 0.182. The first-order chi connectivity index (χ1) is 3.98. The highest BCUT2D eigenvalue weighted by molar-refractivity contribution is 4.74. The molecule has 1 radical (unpaired) electrons. The molecule has 1 unspecified atom stereocenters. The van der Waals surface area contributed by atoms with E-state index in [1.165, 1.54) is 0 Å². The standard InChI is InChI=1S/C7H16NO/c1-6(8-5-9)7(2,3)4/h6,8H,5H2,1-4H3. The summed E-state index contributed by atoms with van der Waals surface area (Å²) in [5.74, 6) is 0. The lowest BCUT2D eigenvalue weighted by Crippen LogP contribution is -2.37. The number of hydrogen-bond donors (Lipinski definition) is 1. The summed E-state index contributed by atoms with van der Waals surface area (Å²) in [6.07, 6.45) is 0. The van der Waals surface area contributed by atoms with Gasteiger partial charge in [-0.05, 0) is 12.3 Å². The lowest BCUT2D eigenvalue weighted by molar-refractivity contribution is 0.132. The Bertz CT molecular complexity index is 75.5. The Morgan fingerprint density at radius 3 is 2.00 bits per heavy atom. The Balaban J connectivity index is 3.59. The first kappa shape index (κ1) is 8.92. The molecule has 9 heavy (non-hydrogen) atoms. The quantitative estimate of drug-likeness (QED) is 0.563. The maximum Gasteiger partial charge on any atom is 0.133 e. The van der Waals surface area contributed by atoms with Gasteiger partial charge in [0.05, 0.1) is 0 Å². The van der Waals surface area contributed by atoms with E-state index in [4.69, 9.17) is 0 Å². The van der Waals surface area contributed by atoms with Crippen LogP contribution >= 0.6 is 0 Å². The third-order valence-electron chi connectivity index (χ3n) is 1.69. The molecule has 2 nitrogen and oxygen atoms in total. The summed E-state index contributed by atoms with van der Waals surface area (Å²) in [5, 5.41) is 12.9. The number of rotatable bonds is 2. The lowest BCUT2D eigenvalue weighted by Gasteiger charge is -2.26. The zero-order valence-corrected chi connectivity index (χ0v) is 6.69. The molecule has 0 heterocycles. The van der Waals surface area contributed by atoms with Gasteiger partial charge in [-0.25, -0.2) is 5.11 Å². The van der Waals surface area contributed by atoms with Gasteiger partial charge in [-0.1, -0.05) is 20.8 Å². The molecule has 0 fully saturated rings. The van der Waals surface area contributed by atoms with Crippen molar-refractivity contribution < 1.29 is 5.11 Å². The van der Waals surface area contributed by atoms with E-state index < -0.39 is 0 Å². The second-order valence-corrected chi connectivity index (χ2v) is 3.44. The molecule has 55 valence electrons. The summed E-state index contributed by atoms with van der Waals surface area (Å²) in [6.45, 7) is 8.18. The molecule has 0 aliphatic rings. The summed E-state index contributed by atoms with van der Waals surface area (Å²) in [4.78, 5) is 0. The fraction of sp³-hybridized carbons (Fsp3) is 1.00. The Morgan fingerprint density at radius 2 is 1.89 bits per heavy atom. The second kappa shape index (κ2) is 3.18. The highest BCUT2D eigenvalue weighted by Gasteiger charge is 2.18. The molecule has 1 N–H and O–H groups in total. The van der Waals surface area contributed by atoms with Crippen LogP contribution in [0.2, 0.25) is 0 Å². The molecule has 0 aromatic heterocycles. The summed E-state index contributed by atoms with van der Waals surface area (Å²) >= 11 is 0. The summed E-state index contributed by atoms with van der Waals surface area (Å²) in [5.41, 5.74) is 0.199. The molecule has 0 aliphatic heterocycles. The third-order valence-corrected chi connectivity index (χ3v) is 1.69. The van der Waals surface area contributed by atoms with Gasteiger partial charge in [0.2, 0.25) is 0 Å². The molecule has 1 atom stereocenters. The molecular formula is C7H16NO. The molecular weight excluding hydrogens is 114 g/mol. The van der Waals surface area contributed by atoms with Crippen LogP contribution in [0.1, 0.15) is 27.7 Å². The summed E-state index contributed by atoms with van der Waals surface area (Å²) in [7, 11) is 0. The van der Waals surface area contributed by atoms with Gasteiger partial charge < -0.3 is 0 Å². The predicted octanol–water partition coefficient (Wildman–Crippen LogP) is 1.40. The smallest absolute Gasteiger partial charge is 0.133 e. The Kier molecular flexibility index (Phi) is 3.15. The highest BCUT2D eigenvalue weighted by Crippen LogP contribution is 2.17. The molecule has 0 aliphatic carbocycles. The van der Waals surface area contributed by atoms with Gasteiger partial charge in [0.1, 0.15) is 6.73 Å². The molecule has 0 amide bonds. The van der Waals surface area contributed by atoms with E-state index in [9.17, 15) is 5.11 Å². The average Bonchev–Trinajstić information content (AvgIpc) is 1.64. The van der Waals surface area contributed by atoms with Crippen LogP contribution in [0.15, 0.2) is 0 Å². The van der Waals surface area contributed by atoms with Crippen molar-refractivity contribution >= 4 is 0 Å². The van der Waals surface area contributed by atoms with Crippen molar-refractivity contribution in [2.24, 2.45) is 5.41 Å². The van der Waals surface area contributed by atoms with Gasteiger partial charge in [0.15, 0.2) is 0 Å². The topological polar surface area (TPSA) is 31.9 Å². The van der Waals surface area contributed by atoms with Crippen molar-refractivity contribution in [3.63, 3.8) is 0 Å². The van der Waals surface area contributed by atoms with Gasteiger partial charge in [-0.15, -0.1) is 0 Å². The first-order valence-corrected chi connectivity index (χ1v) is 3.30. The molecule has 0 bridgehead atoms. The fourth-order valence-corrected chi connectivity index (χ4v) is 0.431. The average molecular weight is 130 g/mol. The Morgan fingerprint density at radius 1 is 1.44 bits per heavy atom. The van der Waals surface area contributed by atoms with Crippen LogP contribution in [0.25, 0.3) is 0 Å². The monoisotopic (exact) mass is 130 g/mol. The SMILES string of the molecule is CC(NC[O])C(C)(C)C. The normalized spacial score (nSPS) is 15.7. The van der Waals surface area contributed by atoms with Crippen molar-refractivity contribution in [1.82, 2.24) is 5.32 Å². The molecule has 0 aromatic rings. The van der Waals surface area contributed by atoms with Gasteiger partial charge in [0, 0.05) is 6.04 Å². The summed E-state index contributed by atoms with van der Waals surface area (Å²) < 4.78 is 0. The third kappa shape index (κ3) is 3.49. The molecule has 0 saturated carbocycles. The summed E-state index contributed by atoms with van der Waals surface area (Å²) in [6, 6.07) is 0.301. The predicted molar refractivity (Wildman–Crippen MR) is 37.6 cm³/mol. The maximum atomic E-state index is 10.1. The van der Waals surface area contributed by atoms with Crippen molar-refractivity contribution in [2.45, 2.75) is 33.7 Å². The van der Waals surface area contributed by atoms with E-state index in [0.29, 0.717) is 6.04 Å². The van der Waals surface area contributed by atoms with Crippen LogP contribution in [0.3, 0.4) is 0 Å². The van der Waals surface area contributed by atoms with E-state index in [0.717, 1.165) is 0 Å². The Labute approximate surface area is 57.3 Å². The van der Waals surface area contributed by atoms with E-state index in [1.807, 2.05) is 6.92 Å². The van der Waals surface area contributed by atoms with Crippen LogP contribution in [-0.2, 0) is 5.11 Å². The van der Waals surface area contributed by atoms with Gasteiger partial charge in [-0.3, -0.25) is 5.32 Å². The largest absolute Gasteiger partial charge is 0.289 e. The highest BCUT2D eigenvalue weighted by atomic mass is 16.3. The fourth-order valence-electron chi connectivity index (χ4n) is 0.431. The number of hydrogen-bond acceptors (Lipinski definition) is 1. The minimum Gasteiger partial charge on any atom is -0.289 e. The van der Waals surface area contributed by atoms with Crippen molar-refractivity contribution in [2.75, 3.05) is 6.73 Å². The number of nitrogens with one attached hydrogen (secondary N) is 1. The van der Waals surface area contributed by atoms with Crippen LogP contribution in [0.5, 0.6) is 0 Å². The zero-order chi connectivity index (χ0) is 7.49. The van der Waals surface area contributed by atoms with Gasteiger partial charge in [0.25, 0.3) is 0 Å². The zero-order valence-electron chi connectivity index (χ0n) is 6.69. The van der Waals surface area contributed by atoms with Crippen molar-refractivity contribution in [1.29, 1.82) is 0 Å². The van der Waals surface area contributed by atoms with E-state index in [2.05, 4.69) is 26.1 Å². The van der Waals surface area contributed by atoms with Crippen LogP contribution in [0, 0.1) is 5.41 Å². The second-order valence-electron chi connectivity index (χ2n) is 3.44. The molecule has 2 heteroatoms. The molecule has 0 saturated heterocycles.